The number of amides is 2. The molecule has 32 heavy (non-hydrogen) atoms. The van der Waals surface area contributed by atoms with E-state index in [1.807, 2.05) is 12.1 Å². The molecule has 2 aliphatic carbocycles. The first-order chi connectivity index (χ1) is 15.3. The third-order valence-corrected chi connectivity index (χ3v) is 10.8. The van der Waals surface area contributed by atoms with Crippen molar-refractivity contribution in [1.82, 2.24) is 9.88 Å². The maximum atomic E-state index is 13.1. The highest BCUT2D eigenvalue weighted by molar-refractivity contribution is 8.00. The molecule has 7 atom stereocenters. The van der Waals surface area contributed by atoms with Crippen LogP contribution in [-0.2, 0) is 14.4 Å². The number of imide groups is 1. The number of thiazole rings is 1. The van der Waals surface area contributed by atoms with E-state index in [9.17, 15) is 24.3 Å². The quantitative estimate of drug-likeness (QED) is 0.613. The fourth-order valence-electron chi connectivity index (χ4n) is 6.48. The highest BCUT2D eigenvalue weighted by Crippen LogP contribution is 2.68. The molecule has 6 rings (SSSR count). The van der Waals surface area contributed by atoms with E-state index in [4.69, 9.17) is 23.2 Å². The SMILES string of the molecule is O=C(O)CN1C(=O)C2C3CC(C2C1=O)C1C3Sc2[nH]c(=O)sc2[C@@H]1c1cccc(Cl)c1Cl. The number of carboxylic acids is 1. The van der Waals surface area contributed by atoms with Crippen molar-refractivity contribution in [3.05, 3.63) is 48.4 Å². The van der Waals surface area contributed by atoms with Gasteiger partial charge in [-0.1, -0.05) is 46.7 Å². The molecule has 1 aromatic heterocycles. The van der Waals surface area contributed by atoms with E-state index in [2.05, 4.69) is 4.98 Å². The Morgan fingerprint density at radius 3 is 2.59 bits per heavy atom. The van der Waals surface area contributed by atoms with Gasteiger partial charge in [-0.2, -0.15) is 0 Å². The molecular weight excluding hydrogens is 495 g/mol. The van der Waals surface area contributed by atoms with Crippen molar-refractivity contribution in [3.63, 3.8) is 0 Å². The summed E-state index contributed by atoms with van der Waals surface area (Å²) in [5.74, 6) is -3.38. The minimum Gasteiger partial charge on any atom is -0.480 e. The maximum Gasteiger partial charge on any atom is 0.323 e. The Bertz CT molecular complexity index is 1260. The number of hydrogen-bond donors (Lipinski definition) is 2. The normalized spacial score (nSPS) is 34.6. The van der Waals surface area contributed by atoms with Gasteiger partial charge in [0.2, 0.25) is 11.8 Å². The molecule has 3 fully saturated rings. The van der Waals surface area contributed by atoms with Gasteiger partial charge in [0.15, 0.2) is 0 Å². The zero-order valence-corrected chi connectivity index (χ0v) is 19.4. The van der Waals surface area contributed by atoms with E-state index in [1.54, 1.807) is 17.8 Å². The van der Waals surface area contributed by atoms with Crippen molar-refractivity contribution in [2.75, 3.05) is 6.54 Å². The van der Waals surface area contributed by atoms with Gasteiger partial charge in [0, 0.05) is 16.0 Å². The molecule has 2 N–H and O–H groups in total. The molecule has 2 aromatic rings. The predicted octanol–water partition coefficient (Wildman–Crippen LogP) is 3.30. The zero-order valence-electron chi connectivity index (χ0n) is 16.3. The number of carbonyl (C=O) groups excluding carboxylic acids is 2. The van der Waals surface area contributed by atoms with Crippen LogP contribution in [0.5, 0.6) is 0 Å². The molecule has 0 spiro atoms. The van der Waals surface area contributed by atoms with Crippen molar-refractivity contribution in [3.8, 4) is 0 Å². The number of aromatic amines is 1. The molecule has 2 aliphatic heterocycles. The van der Waals surface area contributed by atoms with Gasteiger partial charge in [0.25, 0.3) is 0 Å². The van der Waals surface area contributed by atoms with Crippen LogP contribution in [0.4, 0.5) is 0 Å². The molecule has 0 radical (unpaired) electrons. The smallest absolute Gasteiger partial charge is 0.323 e. The number of H-pyrrole nitrogens is 1. The molecule has 166 valence electrons. The van der Waals surface area contributed by atoms with Gasteiger partial charge in [-0.05, 0) is 35.8 Å². The van der Waals surface area contributed by atoms with E-state index < -0.39 is 24.3 Å². The van der Waals surface area contributed by atoms with Gasteiger partial charge < -0.3 is 10.1 Å². The Kier molecular flexibility index (Phi) is 4.60. The van der Waals surface area contributed by atoms with Crippen LogP contribution < -0.4 is 4.87 Å². The summed E-state index contributed by atoms with van der Waals surface area (Å²) in [7, 11) is 0. The monoisotopic (exact) mass is 510 g/mol. The topological polar surface area (TPSA) is 108 Å². The van der Waals surface area contributed by atoms with E-state index in [0.29, 0.717) is 10.0 Å². The van der Waals surface area contributed by atoms with Gasteiger partial charge in [-0.3, -0.25) is 24.1 Å². The van der Waals surface area contributed by atoms with Crippen molar-refractivity contribution >= 4 is 64.1 Å². The molecular formula is C21H16Cl2N2O5S2. The van der Waals surface area contributed by atoms with Crippen molar-refractivity contribution in [2.24, 2.45) is 29.6 Å². The molecule has 3 heterocycles. The summed E-state index contributed by atoms with van der Waals surface area (Å²) in [6.45, 7) is -0.600. The van der Waals surface area contributed by atoms with Crippen molar-refractivity contribution < 1.29 is 19.5 Å². The van der Waals surface area contributed by atoms with Gasteiger partial charge in [-0.15, -0.1) is 11.8 Å². The predicted molar refractivity (Wildman–Crippen MR) is 119 cm³/mol. The Hall–Kier alpha value is -1.81. The third-order valence-electron chi connectivity index (χ3n) is 7.43. The standard InChI is InChI=1S/C21H16Cl2N2O5S2/c22-9-3-1-2-6(15(9)23)11-12-7-4-8(16(12)31-18-17(11)32-21(30)24-18)14-13(7)19(28)25(20(14)29)5-10(26)27/h1-3,7-8,11-14,16H,4-5H2,(H,24,30)(H,26,27)/t7?,8?,11-,12?,13?,14?,16?/m1/s1. The van der Waals surface area contributed by atoms with E-state index >= 15 is 0 Å². The van der Waals surface area contributed by atoms with E-state index in [0.717, 1.165) is 38.1 Å². The number of thioether (sulfide) groups is 1. The second kappa shape index (κ2) is 7.09. The lowest BCUT2D eigenvalue weighted by atomic mass is 9.68. The van der Waals surface area contributed by atoms with Crippen LogP contribution in [-0.4, -0.2) is 44.6 Å². The average molecular weight is 511 g/mol. The highest BCUT2D eigenvalue weighted by atomic mass is 35.5. The van der Waals surface area contributed by atoms with Crippen molar-refractivity contribution in [1.29, 1.82) is 0 Å². The molecule has 11 heteroatoms. The van der Waals surface area contributed by atoms with Gasteiger partial charge >= 0.3 is 10.8 Å². The fraction of sp³-hybridized carbons (Fsp3) is 0.429. The molecule has 2 amide bonds. The summed E-state index contributed by atoms with van der Waals surface area (Å²) in [6.07, 6.45) is 0.726. The number of aromatic nitrogens is 1. The average Bonchev–Trinajstić information content (AvgIpc) is 3.46. The number of carboxylic acid groups (broad SMARTS) is 1. The van der Waals surface area contributed by atoms with Crippen LogP contribution in [0.3, 0.4) is 0 Å². The second-order valence-electron chi connectivity index (χ2n) is 8.76. The number of aliphatic carboxylic acids is 1. The van der Waals surface area contributed by atoms with Gasteiger partial charge in [0.05, 0.1) is 26.9 Å². The first-order valence-corrected chi connectivity index (χ1v) is 12.6. The summed E-state index contributed by atoms with van der Waals surface area (Å²) in [6, 6.07) is 5.44. The first-order valence-electron chi connectivity index (χ1n) is 10.2. The van der Waals surface area contributed by atoms with Crippen LogP contribution in [0, 0.1) is 29.6 Å². The maximum absolute atomic E-state index is 13.1. The second-order valence-corrected chi connectivity index (χ2v) is 11.7. The summed E-state index contributed by atoms with van der Waals surface area (Å²) in [4.78, 5) is 54.2. The molecule has 1 aromatic carbocycles. The van der Waals surface area contributed by atoms with Gasteiger partial charge in [0.1, 0.15) is 6.54 Å². The molecule has 6 unspecified atom stereocenters. The largest absolute Gasteiger partial charge is 0.480 e. The lowest BCUT2D eigenvalue weighted by Crippen LogP contribution is -2.42. The first kappa shape index (κ1) is 20.8. The van der Waals surface area contributed by atoms with Crippen LogP contribution in [0.15, 0.2) is 28.0 Å². The number of benzene rings is 1. The summed E-state index contributed by atoms with van der Waals surface area (Å²) < 4.78 is 0. The Labute approximate surface area is 200 Å². The van der Waals surface area contributed by atoms with Crippen LogP contribution in [0.1, 0.15) is 22.8 Å². The summed E-state index contributed by atoms with van der Waals surface area (Å²) >= 11 is 15.7. The minimum absolute atomic E-state index is 0.0114. The number of fused-ring (bicyclic) bond motifs is 9. The highest BCUT2D eigenvalue weighted by Gasteiger charge is 2.69. The van der Waals surface area contributed by atoms with E-state index in [1.165, 1.54) is 0 Å². The Morgan fingerprint density at radius 2 is 1.88 bits per heavy atom. The van der Waals surface area contributed by atoms with Crippen LogP contribution in [0.25, 0.3) is 0 Å². The lowest BCUT2D eigenvalue weighted by molar-refractivity contribution is -0.149. The summed E-state index contributed by atoms with van der Waals surface area (Å²) in [5, 5.41) is 10.8. The molecule has 2 saturated carbocycles. The zero-order chi connectivity index (χ0) is 22.5. The molecule has 7 nitrogen and oxygen atoms in total. The fourth-order valence-corrected chi connectivity index (χ4v) is 9.78. The number of nitrogens with zero attached hydrogens (tertiary/aromatic N) is 1. The van der Waals surface area contributed by atoms with Crippen molar-refractivity contribution in [2.45, 2.75) is 22.6 Å². The lowest BCUT2D eigenvalue weighted by Gasteiger charge is -2.43. The van der Waals surface area contributed by atoms with Crippen LogP contribution in [0.2, 0.25) is 10.0 Å². The molecule has 1 saturated heterocycles. The number of carbonyl (C=O) groups is 3. The van der Waals surface area contributed by atoms with Gasteiger partial charge in [-0.25, -0.2) is 0 Å². The minimum atomic E-state index is -1.20. The van der Waals surface area contributed by atoms with Crippen LogP contribution >= 0.6 is 46.3 Å². The number of likely N-dealkylation sites (tertiary alicyclic amines) is 1. The van der Waals surface area contributed by atoms with E-state index in [-0.39, 0.29) is 45.6 Å². The number of halogens is 2. The Balaban J connectivity index is 1.48. The summed E-state index contributed by atoms with van der Waals surface area (Å²) in [5.41, 5.74) is 0.814. The third kappa shape index (κ3) is 2.68. The molecule has 4 aliphatic rings. The number of nitrogens with one attached hydrogen (secondary N) is 1. The number of hydrogen-bond acceptors (Lipinski definition) is 6. The Morgan fingerprint density at radius 1 is 1.16 bits per heavy atom. The number of rotatable bonds is 3. The molecule has 2 bridgehead atoms.